The van der Waals surface area contributed by atoms with Crippen LogP contribution in [0.3, 0.4) is 0 Å². The van der Waals surface area contributed by atoms with Crippen molar-refractivity contribution in [1.29, 1.82) is 0 Å². The molecule has 5 nitrogen and oxygen atoms in total. The summed E-state index contributed by atoms with van der Waals surface area (Å²) in [7, 11) is 0. The number of nitrogens with one attached hydrogen (secondary N) is 1. The van der Waals surface area contributed by atoms with Crippen LogP contribution in [0.4, 0.5) is 0 Å². The lowest BCUT2D eigenvalue weighted by Crippen LogP contribution is -2.47. The van der Waals surface area contributed by atoms with Crippen LogP contribution in [0.2, 0.25) is 0 Å². The Hall–Kier alpha value is -1.49. The second-order valence-corrected chi connectivity index (χ2v) is 5.55. The van der Waals surface area contributed by atoms with E-state index in [0.717, 1.165) is 19.3 Å². The van der Waals surface area contributed by atoms with Crippen molar-refractivity contribution in [3.63, 3.8) is 0 Å². The van der Waals surface area contributed by atoms with E-state index in [4.69, 9.17) is 0 Å². The Morgan fingerprint density at radius 1 is 1.37 bits per heavy atom. The summed E-state index contributed by atoms with van der Waals surface area (Å²) in [5.74, 6) is -2.67. The zero-order chi connectivity index (χ0) is 14.2. The number of Topliss-reactive ketones (excluding diaryl/α,β-unsaturated/α-hetero) is 1. The lowest BCUT2D eigenvalue weighted by Gasteiger charge is -2.33. The highest BCUT2D eigenvalue weighted by atomic mass is 16.3. The summed E-state index contributed by atoms with van der Waals surface area (Å²) >= 11 is 0. The summed E-state index contributed by atoms with van der Waals surface area (Å²) in [6, 6.07) is 0. The van der Waals surface area contributed by atoms with E-state index in [1.54, 1.807) is 0 Å². The van der Waals surface area contributed by atoms with Crippen molar-refractivity contribution in [2.45, 2.75) is 45.1 Å². The van der Waals surface area contributed by atoms with Crippen molar-refractivity contribution in [2.24, 2.45) is 11.3 Å². The van der Waals surface area contributed by atoms with Gasteiger partial charge in [0.1, 0.15) is 5.92 Å². The molecule has 1 aliphatic carbocycles. The smallest absolute Gasteiger partial charge is 0.238 e. The lowest BCUT2D eigenvalue weighted by molar-refractivity contribution is -0.144. The van der Waals surface area contributed by atoms with Crippen molar-refractivity contribution < 1.29 is 19.5 Å². The van der Waals surface area contributed by atoms with E-state index in [1.807, 2.05) is 0 Å². The number of aliphatic hydroxyl groups is 1. The third-order valence-electron chi connectivity index (χ3n) is 4.28. The number of hydrogen-bond acceptors (Lipinski definition) is 4. The summed E-state index contributed by atoms with van der Waals surface area (Å²) in [5, 5.41) is 12.6. The van der Waals surface area contributed by atoms with Gasteiger partial charge in [0.15, 0.2) is 5.78 Å². The molecule has 0 aromatic rings. The Labute approximate surface area is 112 Å². The number of hydrogen-bond donors (Lipinski definition) is 2. The van der Waals surface area contributed by atoms with Crippen molar-refractivity contribution in [1.82, 2.24) is 5.32 Å². The van der Waals surface area contributed by atoms with Gasteiger partial charge < -0.3 is 5.11 Å². The van der Waals surface area contributed by atoms with Crippen LogP contribution in [0.25, 0.3) is 0 Å². The number of carbonyl (C=O) groups excluding carboxylic acids is 3. The third-order valence-corrected chi connectivity index (χ3v) is 4.28. The van der Waals surface area contributed by atoms with Gasteiger partial charge in [0.05, 0.1) is 11.5 Å². The van der Waals surface area contributed by atoms with Crippen molar-refractivity contribution in [3.05, 3.63) is 12.2 Å². The van der Waals surface area contributed by atoms with Crippen molar-refractivity contribution >= 4 is 17.6 Å². The Balaban J connectivity index is 2.48. The van der Waals surface area contributed by atoms with Crippen molar-refractivity contribution in [2.75, 3.05) is 0 Å². The summed E-state index contributed by atoms with van der Waals surface area (Å²) in [4.78, 5) is 36.4. The van der Waals surface area contributed by atoms with Gasteiger partial charge in [-0.3, -0.25) is 19.7 Å². The van der Waals surface area contributed by atoms with Crippen LogP contribution in [0.5, 0.6) is 0 Å². The number of carbonyl (C=O) groups is 3. The van der Waals surface area contributed by atoms with E-state index < -0.39 is 35.0 Å². The monoisotopic (exact) mass is 265 g/mol. The minimum absolute atomic E-state index is 0.241. The van der Waals surface area contributed by atoms with Gasteiger partial charge in [0.2, 0.25) is 11.8 Å². The first-order valence-electron chi connectivity index (χ1n) is 6.64. The molecule has 5 heteroatoms. The molecule has 104 valence electrons. The van der Waals surface area contributed by atoms with E-state index in [0.29, 0.717) is 12.8 Å². The zero-order valence-corrected chi connectivity index (χ0v) is 11.1. The van der Waals surface area contributed by atoms with Crippen LogP contribution in [-0.2, 0) is 14.4 Å². The quantitative estimate of drug-likeness (QED) is 0.438. The highest BCUT2D eigenvalue weighted by Gasteiger charge is 2.61. The SMILES string of the molecule is C=C(C)C(=O)C1C(=O)NC(=O)C12CCCCCC2O. The molecule has 3 unspecified atom stereocenters. The molecule has 0 aromatic carbocycles. The molecule has 2 aliphatic rings. The molecule has 1 saturated carbocycles. The molecule has 2 N–H and O–H groups in total. The summed E-state index contributed by atoms with van der Waals surface area (Å²) in [5.41, 5.74) is -1.05. The number of imide groups is 1. The van der Waals surface area contributed by atoms with Crippen LogP contribution in [0, 0.1) is 11.3 Å². The van der Waals surface area contributed by atoms with E-state index in [2.05, 4.69) is 11.9 Å². The number of ketones is 1. The largest absolute Gasteiger partial charge is 0.392 e. The molecular weight excluding hydrogens is 246 g/mol. The van der Waals surface area contributed by atoms with Crippen LogP contribution < -0.4 is 5.32 Å². The molecule has 2 amide bonds. The molecule has 3 atom stereocenters. The number of rotatable bonds is 2. The van der Waals surface area contributed by atoms with Gasteiger partial charge in [0, 0.05) is 0 Å². The van der Waals surface area contributed by atoms with Gasteiger partial charge in [-0.25, -0.2) is 0 Å². The van der Waals surface area contributed by atoms with Gasteiger partial charge in [-0.15, -0.1) is 0 Å². The zero-order valence-electron chi connectivity index (χ0n) is 11.1. The normalized spacial score (nSPS) is 35.1. The van der Waals surface area contributed by atoms with Gasteiger partial charge in [-0.1, -0.05) is 25.8 Å². The highest BCUT2D eigenvalue weighted by molar-refractivity contribution is 6.20. The van der Waals surface area contributed by atoms with Crippen LogP contribution in [-0.4, -0.2) is 28.8 Å². The van der Waals surface area contributed by atoms with Crippen LogP contribution in [0.1, 0.15) is 39.0 Å². The average molecular weight is 265 g/mol. The minimum atomic E-state index is -1.29. The van der Waals surface area contributed by atoms with Crippen LogP contribution >= 0.6 is 0 Å². The van der Waals surface area contributed by atoms with Gasteiger partial charge in [0.25, 0.3) is 0 Å². The molecule has 1 saturated heterocycles. The molecule has 1 aliphatic heterocycles. The lowest BCUT2D eigenvalue weighted by atomic mass is 9.67. The molecule has 0 aromatic heterocycles. The standard InChI is InChI=1S/C14H19NO4/c1-8(2)11(17)10-12(18)15-13(19)14(10)7-5-3-4-6-9(14)16/h9-10,16H,1,3-7H2,2H3,(H,15,18,19). The molecule has 2 fully saturated rings. The molecule has 2 rings (SSSR count). The summed E-state index contributed by atoms with van der Waals surface area (Å²) in [6.07, 6.45) is 2.30. The molecule has 19 heavy (non-hydrogen) atoms. The second kappa shape index (κ2) is 4.89. The van der Waals surface area contributed by atoms with Gasteiger partial charge in [-0.2, -0.15) is 0 Å². The maximum absolute atomic E-state index is 12.2. The fourth-order valence-electron chi connectivity index (χ4n) is 3.22. The Bertz CT molecular complexity index is 456. The summed E-state index contributed by atoms with van der Waals surface area (Å²) < 4.78 is 0. The number of amides is 2. The molecule has 1 spiro atoms. The number of allylic oxidation sites excluding steroid dienone is 1. The fraction of sp³-hybridized carbons (Fsp3) is 0.643. The number of aliphatic hydroxyl groups excluding tert-OH is 1. The first-order chi connectivity index (χ1) is 8.91. The highest BCUT2D eigenvalue weighted by Crippen LogP contribution is 2.46. The second-order valence-electron chi connectivity index (χ2n) is 5.55. The maximum Gasteiger partial charge on any atom is 0.238 e. The Morgan fingerprint density at radius 2 is 2.05 bits per heavy atom. The first-order valence-corrected chi connectivity index (χ1v) is 6.64. The van der Waals surface area contributed by atoms with E-state index in [1.165, 1.54) is 6.92 Å². The Kier molecular flexibility index (Phi) is 3.58. The summed E-state index contributed by atoms with van der Waals surface area (Å²) in [6.45, 7) is 5.09. The fourth-order valence-corrected chi connectivity index (χ4v) is 3.22. The van der Waals surface area contributed by atoms with Crippen molar-refractivity contribution in [3.8, 4) is 0 Å². The Morgan fingerprint density at radius 3 is 2.68 bits per heavy atom. The minimum Gasteiger partial charge on any atom is -0.392 e. The van der Waals surface area contributed by atoms with Gasteiger partial charge >= 0.3 is 0 Å². The predicted molar refractivity (Wildman–Crippen MR) is 68.0 cm³/mol. The van der Waals surface area contributed by atoms with E-state index in [9.17, 15) is 19.5 Å². The first kappa shape index (κ1) is 13.9. The van der Waals surface area contributed by atoms with E-state index in [-0.39, 0.29) is 5.57 Å². The average Bonchev–Trinajstić information content (AvgIpc) is 2.48. The van der Waals surface area contributed by atoms with Gasteiger partial charge in [-0.05, 0) is 25.3 Å². The third kappa shape index (κ3) is 2.02. The molecule has 0 bridgehead atoms. The van der Waals surface area contributed by atoms with E-state index >= 15 is 0 Å². The molecule has 1 heterocycles. The molecular formula is C14H19NO4. The topological polar surface area (TPSA) is 83.5 Å². The maximum atomic E-state index is 12.2. The molecule has 0 radical (unpaired) electrons. The predicted octanol–water partition coefficient (Wildman–Crippen LogP) is 0.716. The van der Waals surface area contributed by atoms with Crippen LogP contribution in [0.15, 0.2) is 12.2 Å².